The van der Waals surface area contributed by atoms with Gasteiger partial charge in [0.15, 0.2) is 0 Å². The lowest BCUT2D eigenvalue weighted by Crippen LogP contribution is -2.48. The summed E-state index contributed by atoms with van der Waals surface area (Å²) in [5, 5.41) is 37.9. The first kappa shape index (κ1) is 51.5. The molecule has 4 heterocycles. The van der Waals surface area contributed by atoms with E-state index in [2.05, 4.69) is 5.32 Å². The summed E-state index contributed by atoms with van der Waals surface area (Å²) >= 11 is 0. The van der Waals surface area contributed by atoms with E-state index in [4.69, 9.17) is 23.7 Å². The van der Waals surface area contributed by atoms with Crippen LogP contribution in [-0.2, 0) is 30.3 Å². The van der Waals surface area contributed by atoms with Gasteiger partial charge in [0.2, 0.25) is 11.6 Å². The van der Waals surface area contributed by atoms with Crippen molar-refractivity contribution in [3.63, 3.8) is 0 Å². The number of phenolic OH excluding ortho intramolecular Hbond substituents is 1. The van der Waals surface area contributed by atoms with Gasteiger partial charge in [-0.1, -0.05) is 76.3 Å². The van der Waals surface area contributed by atoms with Crippen molar-refractivity contribution in [3.05, 3.63) is 106 Å². The second kappa shape index (κ2) is 21.6. The summed E-state index contributed by atoms with van der Waals surface area (Å²) in [6.07, 6.45) is 2.58. The number of hydrogen-bond donors (Lipinski definition) is 4. The third-order valence-electron chi connectivity index (χ3n) is 13.5. The number of rotatable bonds is 8. The van der Waals surface area contributed by atoms with Gasteiger partial charge in [0, 0.05) is 81.6 Å². The van der Waals surface area contributed by atoms with Crippen LogP contribution in [0.15, 0.2) is 77.9 Å². The van der Waals surface area contributed by atoms with Crippen LogP contribution in [0.1, 0.15) is 83.7 Å². The van der Waals surface area contributed by atoms with E-state index in [1.807, 2.05) is 49.3 Å². The van der Waals surface area contributed by atoms with Crippen molar-refractivity contribution in [3.8, 4) is 11.5 Å². The number of nitrogens with zero attached hydrogens (tertiary/aromatic N) is 3. The first-order chi connectivity index (χ1) is 32.2. The van der Waals surface area contributed by atoms with E-state index in [9.17, 15) is 39.3 Å². The highest BCUT2D eigenvalue weighted by Crippen LogP contribution is 2.49. The summed E-state index contributed by atoms with van der Waals surface area (Å²) in [4.78, 5) is 77.3. The fraction of sp³-hybridized carbons (Fsp3) is 0.510. The molecule has 0 aromatic heterocycles. The molecule has 5 aliphatic rings. The number of allylic oxidation sites excluding steroid dienone is 4. The Morgan fingerprint density at radius 2 is 1.57 bits per heavy atom. The molecule has 0 spiro atoms. The van der Waals surface area contributed by atoms with Crippen LogP contribution in [0.5, 0.6) is 11.5 Å². The number of amides is 2. The van der Waals surface area contributed by atoms with Gasteiger partial charge in [-0.05, 0) is 39.6 Å². The number of carbonyl (C=O) groups excluding carboxylic acids is 5. The van der Waals surface area contributed by atoms with Gasteiger partial charge >= 0.3 is 11.9 Å². The maximum atomic E-state index is 14.8. The van der Waals surface area contributed by atoms with Crippen molar-refractivity contribution in [1.29, 1.82) is 0 Å². The molecule has 4 aliphatic heterocycles. The van der Waals surface area contributed by atoms with Crippen molar-refractivity contribution in [1.82, 2.24) is 20.0 Å². The minimum atomic E-state index is -2.11. The number of nitrogens with one attached hydrogen (secondary N) is 1. The van der Waals surface area contributed by atoms with Gasteiger partial charge in [0.05, 0.1) is 54.5 Å². The summed E-state index contributed by atoms with van der Waals surface area (Å²) < 4.78 is 30.1. The Hall–Kier alpha value is -5.85. The lowest BCUT2D eigenvalue weighted by atomic mass is 9.78. The number of aliphatic hydroxyl groups excluding tert-OH is 2. The Morgan fingerprint density at radius 1 is 0.897 bits per heavy atom. The zero-order valence-corrected chi connectivity index (χ0v) is 40.6. The number of fused-ring (bicyclic) bond motifs is 14. The van der Waals surface area contributed by atoms with Crippen LogP contribution in [0.4, 0.5) is 4.79 Å². The molecule has 0 unspecified atom stereocenters. The highest BCUT2D eigenvalue weighted by molar-refractivity contribution is 6.32. The first-order valence-corrected chi connectivity index (χ1v) is 23.1. The number of likely N-dealkylation sites (N-methyl/N-ethyl adjacent to an activating group) is 1. The molecule has 4 N–H and O–H groups in total. The number of methoxy groups -OCH3 is 1. The van der Waals surface area contributed by atoms with E-state index in [1.165, 1.54) is 46.3 Å². The van der Waals surface area contributed by atoms with Crippen LogP contribution in [0.25, 0.3) is 0 Å². The van der Waals surface area contributed by atoms with Gasteiger partial charge in [0.25, 0.3) is 11.7 Å². The number of phenols is 1. The topological polar surface area (TPSA) is 214 Å². The second-order valence-corrected chi connectivity index (χ2v) is 18.6. The van der Waals surface area contributed by atoms with Gasteiger partial charge in [-0.2, -0.15) is 0 Å². The molecule has 17 nitrogen and oxygen atoms in total. The molecule has 2 aromatic rings. The highest BCUT2D eigenvalue weighted by Gasteiger charge is 2.53. The molecule has 1 aliphatic carbocycles. The number of ether oxygens (including phenoxy) is 5. The van der Waals surface area contributed by atoms with E-state index >= 15 is 0 Å². The Balaban J connectivity index is 1.44. The maximum absolute atomic E-state index is 14.8. The van der Waals surface area contributed by atoms with E-state index in [-0.39, 0.29) is 72.3 Å². The number of aliphatic hydroxyl groups is 2. The standard InChI is InChI=1S/C51H66N4O13/c1-28-15-14-16-29(2)49(62)52-39-40(54-22-25-65-26-23-54)45(60)36-37(44(39)59)43(58)33(6)47-38(36)48(61)51(7,68-47)66-24-19-35(64-10)30(3)46(32(5)42(57)31(4)41(28)56)67-50(63)55(21-20-53(8)9)27-34-17-12-11-13-18-34/h11-19,24,28,30-32,35,41-42,46,56-58H,20-23,25-27H2,1-10H3,(H,52,62)/b15-14+,24-19+,29-16-/t28-,30+,31+,32+,35-,41-,42+,46+,51-/m0/s1. The molecule has 2 amide bonds. The molecule has 2 aromatic carbocycles. The molecule has 1 fully saturated rings. The number of ketones is 3. The number of benzene rings is 2. The minimum absolute atomic E-state index is 0.00481. The van der Waals surface area contributed by atoms with Crippen LogP contribution < -0.4 is 10.1 Å². The van der Waals surface area contributed by atoms with Crippen molar-refractivity contribution < 1.29 is 63.0 Å². The molecule has 1 saturated heterocycles. The van der Waals surface area contributed by atoms with E-state index in [0.717, 1.165) is 5.56 Å². The Bertz CT molecular complexity index is 2370. The van der Waals surface area contributed by atoms with Crippen LogP contribution in [0, 0.1) is 30.6 Å². The zero-order chi connectivity index (χ0) is 49.8. The van der Waals surface area contributed by atoms with Crippen molar-refractivity contribution in [2.24, 2.45) is 23.7 Å². The van der Waals surface area contributed by atoms with E-state index in [1.54, 1.807) is 49.6 Å². The van der Waals surface area contributed by atoms with Crippen LogP contribution in [-0.4, -0.2) is 150 Å². The molecule has 5 bridgehead atoms. The average molecular weight is 943 g/mol. The van der Waals surface area contributed by atoms with Gasteiger partial charge in [0.1, 0.15) is 29.0 Å². The molecular weight excluding hydrogens is 877 g/mol. The smallest absolute Gasteiger partial charge is 0.410 e. The number of carbonyl (C=O) groups is 5. The second-order valence-electron chi connectivity index (χ2n) is 18.6. The van der Waals surface area contributed by atoms with E-state index < -0.39 is 94.5 Å². The summed E-state index contributed by atoms with van der Waals surface area (Å²) in [5.41, 5.74) is -0.627. The third kappa shape index (κ3) is 10.6. The number of morpholine rings is 1. The number of aromatic hydroxyl groups is 1. The van der Waals surface area contributed by atoms with Crippen molar-refractivity contribution >= 4 is 29.4 Å². The zero-order valence-electron chi connectivity index (χ0n) is 40.6. The average Bonchev–Trinajstić information content (AvgIpc) is 3.59. The van der Waals surface area contributed by atoms with Gasteiger partial charge < -0.3 is 59.0 Å². The summed E-state index contributed by atoms with van der Waals surface area (Å²) in [7, 11) is 5.25. The molecule has 7 rings (SSSR count). The SMILES string of the molecule is CO[C@H]1/C=C/O[C@@]2(C)Oc3c(C)c(O)c4c(c3C2=O)C(=O)C(N2CCOCC2)=C(NC(=O)/C(C)=C\C=C\[C@H](C)[C@H](O)[C@@H](C)[C@@H](O)[C@@H](C)[C@H](OC(=O)N(CCN(C)C)Cc2ccccc2)[C@@H]1C)C4=O. The summed E-state index contributed by atoms with van der Waals surface area (Å²) in [6.45, 7) is 13.2. The van der Waals surface area contributed by atoms with Crippen molar-refractivity contribution in [2.75, 3.05) is 60.6 Å². The Labute approximate surface area is 398 Å². The number of Topliss-reactive ketones (excluding diaryl/α,β-unsaturated/α-hetero) is 3. The van der Waals surface area contributed by atoms with Crippen molar-refractivity contribution in [2.45, 2.75) is 85.2 Å². The number of hydrogen-bond acceptors (Lipinski definition) is 15. The van der Waals surface area contributed by atoms with E-state index in [0.29, 0.717) is 13.1 Å². The fourth-order valence-electron chi connectivity index (χ4n) is 9.12. The Morgan fingerprint density at radius 3 is 2.22 bits per heavy atom. The maximum Gasteiger partial charge on any atom is 0.410 e. The van der Waals surface area contributed by atoms with Gasteiger partial charge in [-0.25, -0.2) is 4.79 Å². The van der Waals surface area contributed by atoms with Gasteiger partial charge in [-0.15, -0.1) is 0 Å². The minimum Gasteiger partial charge on any atom is -0.507 e. The van der Waals surface area contributed by atoms with Crippen LogP contribution in [0.3, 0.4) is 0 Å². The lowest BCUT2D eigenvalue weighted by molar-refractivity contribution is -0.116. The van der Waals surface area contributed by atoms with Gasteiger partial charge in [-0.3, -0.25) is 19.2 Å². The quantitative estimate of drug-likeness (QED) is 0.276. The summed E-state index contributed by atoms with van der Waals surface area (Å²) in [6, 6.07) is 9.49. The van der Waals surface area contributed by atoms with Crippen LogP contribution in [0.2, 0.25) is 0 Å². The molecule has 68 heavy (non-hydrogen) atoms. The monoisotopic (exact) mass is 942 g/mol. The normalized spacial score (nSPS) is 30.0. The Kier molecular flexibility index (Phi) is 16.4. The fourth-order valence-corrected chi connectivity index (χ4v) is 9.12. The molecule has 0 saturated carbocycles. The van der Waals surface area contributed by atoms with Crippen LogP contribution >= 0.6 is 0 Å². The first-order valence-electron chi connectivity index (χ1n) is 23.1. The predicted octanol–water partition coefficient (Wildman–Crippen LogP) is 4.93. The molecular formula is C51H66N4O13. The lowest BCUT2D eigenvalue weighted by Gasteiger charge is -2.39. The summed E-state index contributed by atoms with van der Waals surface area (Å²) in [5.74, 6) is -8.86. The molecule has 0 radical (unpaired) electrons. The molecule has 9 atom stereocenters. The predicted molar refractivity (Wildman–Crippen MR) is 251 cm³/mol. The molecule has 368 valence electrons. The molecule has 17 heteroatoms. The third-order valence-corrected chi connectivity index (χ3v) is 13.5. The highest BCUT2D eigenvalue weighted by atomic mass is 16.7. The largest absolute Gasteiger partial charge is 0.507 e.